The smallest absolute Gasteiger partial charge is 0.382 e. The van der Waals surface area contributed by atoms with Crippen molar-refractivity contribution < 1.29 is 18.3 Å². The molecule has 1 heterocycles. The van der Waals surface area contributed by atoms with Crippen LogP contribution in [0.1, 0.15) is 37.0 Å². The third-order valence-electron chi connectivity index (χ3n) is 5.61. The van der Waals surface area contributed by atoms with E-state index in [1.54, 1.807) is 26.0 Å². The predicted octanol–water partition coefficient (Wildman–Crippen LogP) is 5.22. The highest BCUT2D eigenvalue weighted by Gasteiger charge is 2.55. The van der Waals surface area contributed by atoms with Crippen molar-refractivity contribution in [1.82, 2.24) is 4.98 Å². The maximum Gasteiger partial charge on any atom is 0.418 e. The van der Waals surface area contributed by atoms with Crippen molar-refractivity contribution >= 4 is 16.6 Å². The highest BCUT2D eigenvalue weighted by atomic mass is 19.4. The molecular formula is C24H27F3N2O2. The number of hydrogen-bond donors (Lipinski definition) is 3. The number of aromatic amines is 1. The molecule has 3 aromatic rings. The summed E-state index contributed by atoms with van der Waals surface area (Å²) in [5.74, 6) is 0. The third-order valence-corrected chi connectivity index (χ3v) is 5.61. The summed E-state index contributed by atoms with van der Waals surface area (Å²) in [4.78, 5) is 14.9. The summed E-state index contributed by atoms with van der Waals surface area (Å²) in [5.41, 5.74) is -0.563. The van der Waals surface area contributed by atoms with Gasteiger partial charge in [0.1, 0.15) is 0 Å². The van der Waals surface area contributed by atoms with E-state index < -0.39 is 30.2 Å². The Bertz CT molecular complexity index is 1130. The van der Waals surface area contributed by atoms with Gasteiger partial charge in [0.15, 0.2) is 11.0 Å². The van der Waals surface area contributed by atoms with Gasteiger partial charge in [-0.15, -0.1) is 0 Å². The molecule has 4 nitrogen and oxygen atoms in total. The Morgan fingerprint density at radius 3 is 2.26 bits per heavy atom. The Labute approximate surface area is 179 Å². The van der Waals surface area contributed by atoms with E-state index in [1.807, 2.05) is 32.0 Å². The number of rotatable bonds is 6. The van der Waals surface area contributed by atoms with E-state index in [0.29, 0.717) is 16.6 Å². The number of aryl methyl sites for hydroxylation is 2. The topological polar surface area (TPSA) is 65.1 Å². The van der Waals surface area contributed by atoms with Gasteiger partial charge in [-0.3, -0.25) is 4.79 Å². The average molecular weight is 432 g/mol. The van der Waals surface area contributed by atoms with E-state index in [0.717, 1.165) is 16.7 Å². The van der Waals surface area contributed by atoms with Crippen molar-refractivity contribution in [2.24, 2.45) is 0 Å². The van der Waals surface area contributed by atoms with Crippen molar-refractivity contribution in [2.75, 3.05) is 11.9 Å². The quantitative estimate of drug-likeness (QED) is 0.501. The van der Waals surface area contributed by atoms with E-state index >= 15 is 0 Å². The first-order valence-corrected chi connectivity index (χ1v) is 10.0. The maximum atomic E-state index is 14.0. The highest BCUT2D eigenvalue weighted by molar-refractivity contribution is 5.81. The number of halogens is 3. The first kappa shape index (κ1) is 22.9. The number of H-pyrrole nitrogens is 1. The van der Waals surface area contributed by atoms with Crippen LogP contribution in [-0.2, 0) is 5.41 Å². The van der Waals surface area contributed by atoms with Gasteiger partial charge in [0.2, 0.25) is 0 Å². The molecule has 3 rings (SSSR count). The number of benzene rings is 2. The summed E-state index contributed by atoms with van der Waals surface area (Å²) in [6.07, 6.45) is -3.85. The second-order valence-corrected chi connectivity index (χ2v) is 8.92. The van der Waals surface area contributed by atoms with E-state index in [1.165, 1.54) is 18.3 Å². The SMILES string of the molecule is Cc1cc(C)cc(C(C)(C)CC(O)(CNc2ccc3[nH]ccc(=O)c3c2)C(F)(F)F)c1. The van der Waals surface area contributed by atoms with Gasteiger partial charge in [0.25, 0.3) is 0 Å². The summed E-state index contributed by atoms with van der Waals surface area (Å²) in [5, 5.41) is 13.8. The van der Waals surface area contributed by atoms with Gasteiger partial charge in [0.05, 0.1) is 6.54 Å². The Balaban J connectivity index is 1.89. The molecule has 7 heteroatoms. The van der Waals surface area contributed by atoms with Crippen LogP contribution in [-0.4, -0.2) is 28.4 Å². The summed E-state index contributed by atoms with van der Waals surface area (Å²) >= 11 is 0. The van der Waals surface area contributed by atoms with Gasteiger partial charge in [0, 0.05) is 28.9 Å². The molecule has 0 aliphatic heterocycles. The molecule has 1 atom stereocenters. The van der Waals surface area contributed by atoms with Gasteiger partial charge < -0.3 is 15.4 Å². The molecule has 0 amide bonds. The fourth-order valence-corrected chi connectivity index (χ4v) is 3.99. The molecule has 166 valence electrons. The van der Waals surface area contributed by atoms with Crippen molar-refractivity contribution in [3.05, 3.63) is 75.6 Å². The fourth-order valence-electron chi connectivity index (χ4n) is 3.99. The van der Waals surface area contributed by atoms with Crippen molar-refractivity contribution in [2.45, 2.75) is 51.3 Å². The average Bonchev–Trinajstić information content (AvgIpc) is 2.65. The first-order chi connectivity index (χ1) is 14.3. The second kappa shape index (κ2) is 8.04. The zero-order valence-corrected chi connectivity index (χ0v) is 18.0. The minimum absolute atomic E-state index is 0.237. The molecule has 31 heavy (non-hydrogen) atoms. The zero-order valence-electron chi connectivity index (χ0n) is 18.0. The van der Waals surface area contributed by atoms with E-state index in [9.17, 15) is 23.1 Å². The van der Waals surface area contributed by atoms with Crippen LogP contribution in [0.3, 0.4) is 0 Å². The third kappa shape index (κ3) is 4.93. The van der Waals surface area contributed by atoms with Gasteiger partial charge in [-0.25, -0.2) is 0 Å². The molecule has 0 saturated heterocycles. The molecule has 0 bridgehead atoms. The van der Waals surface area contributed by atoms with Crippen LogP contribution in [0.25, 0.3) is 10.9 Å². The van der Waals surface area contributed by atoms with Crippen LogP contribution in [0, 0.1) is 13.8 Å². The van der Waals surface area contributed by atoms with Crippen molar-refractivity contribution in [3.8, 4) is 0 Å². The van der Waals surface area contributed by atoms with Crippen LogP contribution in [0.2, 0.25) is 0 Å². The van der Waals surface area contributed by atoms with E-state index in [-0.39, 0.29) is 5.43 Å². The van der Waals surface area contributed by atoms with Gasteiger partial charge >= 0.3 is 6.18 Å². The maximum absolute atomic E-state index is 14.0. The predicted molar refractivity (Wildman–Crippen MR) is 118 cm³/mol. The minimum Gasteiger partial charge on any atom is -0.382 e. The van der Waals surface area contributed by atoms with Crippen LogP contribution in [0.15, 0.2) is 53.5 Å². The summed E-state index contributed by atoms with van der Waals surface area (Å²) in [6.45, 7) is 6.46. The monoisotopic (exact) mass is 432 g/mol. The molecule has 1 unspecified atom stereocenters. The van der Waals surface area contributed by atoms with Gasteiger partial charge in [-0.05, 0) is 49.4 Å². The Morgan fingerprint density at radius 1 is 1.00 bits per heavy atom. The Hall–Kier alpha value is -2.80. The number of anilines is 1. The lowest BCUT2D eigenvalue weighted by Gasteiger charge is -2.38. The number of pyridine rings is 1. The number of nitrogens with one attached hydrogen (secondary N) is 2. The highest BCUT2D eigenvalue weighted by Crippen LogP contribution is 2.41. The molecule has 2 aromatic carbocycles. The van der Waals surface area contributed by atoms with Crippen LogP contribution in [0.4, 0.5) is 18.9 Å². The molecule has 1 aromatic heterocycles. The van der Waals surface area contributed by atoms with Crippen molar-refractivity contribution in [3.63, 3.8) is 0 Å². The molecule has 0 fully saturated rings. The standard InChI is InChI=1S/C24H27F3N2O2/c1-15-9-16(2)11-17(10-15)22(3,4)13-23(31,24(25,26)27)14-29-18-5-6-20-19(12-18)21(30)7-8-28-20/h5-12,29,31H,13-14H2,1-4H3,(H,28,30). The lowest BCUT2D eigenvalue weighted by Crippen LogP contribution is -2.53. The number of aromatic nitrogens is 1. The van der Waals surface area contributed by atoms with Crippen LogP contribution < -0.4 is 10.7 Å². The summed E-state index contributed by atoms with van der Waals surface area (Å²) < 4.78 is 42.0. The Morgan fingerprint density at radius 2 is 1.65 bits per heavy atom. The number of hydrogen-bond acceptors (Lipinski definition) is 3. The van der Waals surface area contributed by atoms with Crippen LogP contribution >= 0.6 is 0 Å². The summed E-state index contributed by atoms with van der Waals surface area (Å²) in [6, 6.07) is 11.7. The minimum atomic E-state index is -4.84. The summed E-state index contributed by atoms with van der Waals surface area (Å²) in [7, 11) is 0. The lowest BCUT2D eigenvalue weighted by molar-refractivity contribution is -0.260. The first-order valence-electron chi connectivity index (χ1n) is 10.0. The molecule has 0 aliphatic carbocycles. The Kier molecular flexibility index (Phi) is 5.93. The molecule has 0 radical (unpaired) electrons. The van der Waals surface area contributed by atoms with E-state index in [2.05, 4.69) is 10.3 Å². The lowest BCUT2D eigenvalue weighted by atomic mass is 9.74. The van der Waals surface area contributed by atoms with Gasteiger partial charge in [-0.2, -0.15) is 13.2 Å². The van der Waals surface area contributed by atoms with Crippen molar-refractivity contribution in [1.29, 1.82) is 0 Å². The number of fused-ring (bicyclic) bond motifs is 1. The second-order valence-electron chi connectivity index (χ2n) is 8.92. The normalized spacial score (nSPS) is 14.5. The molecule has 0 saturated carbocycles. The molecule has 0 spiro atoms. The molecule has 3 N–H and O–H groups in total. The zero-order chi connectivity index (χ0) is 23.0. The molecule has 0 aliphatic rings. The molecular weight excluding hydrogens is 405 g/mol. The van der Waals surface area contributed by atoms with Crippen LogP contribution in [0.5, 0.6) is 0 Å². The van der Waals surface area contributed by atoms with E-state index in [4.69, 9.17) is 0 Å². The number of aliphatic hydroxyl groups is 1. The fraction of sp³-hybridized carbons (Fsp3) is 0.375. The largest absolute Gasteiger partial charge is 0.418 e. The number of alkyl halides is 3. The van der Waals surface area contributed by atoms with Gasteiger partial charge in [-0.1, -0.05) is 43.2 Å².